The van der Waals surface area contributed by atoms with E-state index in [0.717, 1.165) is 9.35 Å². The molecule has 0 amide bonds. The molecule has 0 bridgehead atoms. The first-order chi connectivity index (χ1) is 6.49. The van der Waals surface area contributed by atoms with Gasteiger partial charge in [-0.25, -0.2) is 0 Å². The molecular weight excluding hydrogens is 262 g/mol. The van der Waals surface area contributed by atoms with Crippen LogP contribution in [0.2, 0.25) is 0 Å². The smallest absolute Gasteiger partial charge is 0.0840 e. The topological polar surface area (TPSA) is 46.2 Å². The minimum absolute atomic E-state index is 0.168. The number of halogens is 1. The van der Waals surface area contributed by atoms with Gasteiger partial charge in [0.2, 0.25) is 0 Å². The molecule has 0 radical (unpaired) electrons. The third-order valence-electron chi connectivity index (χ3n) is 2.59. The van der Waals surface area contributed by atoms with Crippen LogP contribution in [0.3, 0.4) is 0 Å². The van der Waals surface area contributed by atoms with Gasteiger partial charge in [-0.15, -0.1) is 11.3 Å². The van der Waals surface area contributed by atoms with E-state index in [-0.39, 0.29) is 5.92 Å². The van der Waals surface area contributed by atoms with E-state index >= 15 is 0 Å². The summed E-state index contributed by atoms with van der Waals surface area (Å²) < 4.78 is 1.06. The normalized spacial score (nSPS) is 15.9. The molecule has 1 heterocycles. The molecule has 1 rings (SSSR count). The highest BCUT2D eigenvalue weighted by Crippen LogP contribution is 2.29. The van der Waals surface area contributed by atoms with Crippen LogP contribution in [-0.4, -0.2) is 17.3 Å². The second-order valence-electron chi connectivity index (χ2n) is 3.83. The largest absolute Gasteiger partial charge is 0.388 e. The number of hydrogen-bond donors (Lipinski definition) is 2. The Morgan fingerprint density at radius 1 is 1.64 bits per heavy atom. The van der Waals surface area contributed by atoms with Crippen molar-refractivity contribution < 1.29 is 5.11 Å². The minimum Gasteiger partial charge on any atom is -0.388 e. The zero-order valence-electron chi connectivity index (χ0n) is 8.46. The third-order valence-corrected chi connectivity index (χ3v) is 4.51. The first kappa shape index (κ1) is 12.2. The van der Waals surface area contributed by atoms with E-state index in [9.17, 15) is 5.11 Å². The summed E-state index contributed by atoms with van der Waals surface area (Å²) >= 11 is 5.10. The molecule has 2 nitrogen and oxygen atoms in total. The summed E-state index contributed by atoms with van der Waals surface area (Å²) in [6.07, 6.45) is 0.624. The maximum Gasteiger partial charge on any atom is 0.0840 e. The molecule has 0 spiro atoms. The van der Waals surface area contributed by atoms with Crippen molar-refractivity contribution in [1.82, 2.24) is 0 Å². The van der Waals surface area contributed by atoms with Crippen LogP contribution in [0.1, 0.15) is 18.7 Å². The van der Waals surface area contributed by atoms with Crippen LogP contribution in [0.5, 0.6) is 0 Å². The lowest BCUT2D eigenvalue weighted by molar-refractivity contribution is 0.00466. The van der Waals surface area contributed by atoms with Crippen molar-refractivity contribution in [3.05, 3.63) is 20.8 Å². The highest BCUT2D eigenvalue weighted by Gasteiger charge is 2.30. The Bertz CT molecular complexity index is 300. The summed E-state index contributed by atoms with van der Waals surface area (Å²) in [4.78, 5) is 1.16. The monoisotopic (exact) mass is 277 g/mol. The van der Waals surface area contributed by atoms with Crippen LogP contribution in [0.4, 0.5) is 0 Å². The summed E-state index contributed by atoms with van der Waals surface area (Å²) in [5.41, 5.74) is 4.83. The van der Waals surface area contributed by atoms with Crippen molar-refractivity contribution in [2.45, 2.75) is 25.9 Å². The number of nitrogens with two attached hydrogens (primary N) is 1. The van der Waals surface area contributed by atoms with Gasteiger partial charge in [-0.3, -0.25) is 0 Å². The Labute approximate surface area is 97.3 Å². The molecule has 0 fully saturated rings. The Hall–Kier alpha value is 0.100. The molecule has 14 heavy (non-hydrogen) atoms. The summed E-state index contributed by atoms with van der Waals surface area (Å²) in [5, 5.41) is 12.3. The molecular formula is C10H16BrNOS. The van der Waals surface area contributed by atoms with Gasteiger partial charge < -0.3 is 10.8 Å². The van der Waals surface area contributed by atoms with Crippen molar-refractivity contribution in [1.29, 1.82) is 0 Å². The molecule has 1 aromatic rings. The first-order valence-electron chi connectivity index (χ1n) is 4.64. The fourth-order valence-corrected chi connectivity index (χ4v) is 2.85. The van der Waals surface area contributed by atoms with Crippen LogP contribution in [0.15, 0.2) is 15.9 Å². The Morgan fingerprint density at radius 2 is 2.29 bits per heavy atom. The van der Waals surface area contributed by atoms with Crippen molar-refractivity contribution in [3.8, 4) is 0 Å². The van der Waals surface area contributed by atoms with Crippen molar-refractivity contribution in [2.75, 3.05) is 6.54 Å². The summed E-state index contributed by atoms with van der Waals surface area (Å²) in [6, 6.07) is 2.00. The van der Waals surface area contributed by atoms with Crippen LogP contribution >= 0.6 is 27.3 Å². The average molecular weight is 278 g/mol. The van der Waals surface area contributed by atoms with Crippen LogP contribution in [0.25, 0.3) is 0 Å². The minimum atomic E-state index is -0.784. The molecule has 3 N–H and O–H groups in total. The van der Waals surface area contributed by atoms with E-state index in [0.29, 0.717) is 13.0 Å². The van der Waals surface area contributed by atoms with E-state index in [1.54, 1.807) is 11.3 Å². The predicted octanol–water partition coefficient (Wildman–Crippen LogP) is 2.40. The van der Waals surface area contributed by atoms with Gasteiger partial charge in [-0.1, -0.05) is 13.8 Å². The lowest BCUT2D eigenvalue weighted by atomic mass is 9.87. The van der Waals surface area contributed by atoms with Crippen LogP contribution in [0, 0.1) is 5.92 Å². The second kappa shape index (κ2) is 4.75. The number of aliphatic hydroxyl groups is 1. The summed E-state index contributed by atoms with van der Waals surface area (Å²) in [5.74, 6) is 0.168. The molecule has 1 aromatic heterocycles. The van der Waals surface area contributed by atoms with E-state index in [1.807, 2.05) is 25.3 Å². The lowest BCUT2D eigenvalue weighted by Crippen LogP contribution is -2.44. The van der Waals surface area contributed by atoms with E-state index in [1.165, 1.54) is 0 Å². The molecule has 0 aliphatic carbocycles. The zero-order chi connectivity index (χ0) is 10.8. The van der Waals surface area contributed by atoms with Gasteiger partial charge in [0.1, 0.15) is 0 Å². The molecule has 80 valence electrons. The molecule has 0 aromatic carbocycles. The van der Waals surface area contributed by atoms with Gasteiger partial charge in [0.05, 0.1) is 5.60 Å². The Balaban J connectivity index is 2.80. The number of rotatable bonds is 4. The SMILES string of the molecule is CC(C)C(O)(CN)Cc1sccc1Br. The molecule has 0 aliphatic rings. The highest BCUT2D eigenvalue weighted by molar-refractivity contribution is 9.10. The first-order valence-corrected chi connectivity index (χ1v) is 6.31. The van der Waals surface area contributed by atoms with E-state index in [4.69, 9.17) is 5.73 Å². The molecule has 0 aliphatic heterocycles. The Morgan fingerprint density at radius 3 is 2.64 bits per heavy atom. The summed E-state index contributed by atoms with van der Waals surface area (Å²) in [6.45, 7) is 4.29. The third kappa shape index (κ3) is 2.57. The fraction of sp³-hybridized carbons (Fsp3) is 0.600. The van der Waals surface area contributed by atoms with Crippen molar-refractivity contribution in [2.24, 2.45) is 11.7 Å². The Kier molecular flexibility index (Phi) is 4.13. The van der Waals surface area contributed by atoms with E-state index < -0.39 is 5.60 Å². The molecule has 1 unspecified atom stereocenters. The number of hydrogen-bond acceptors (Lipinski definition) is 3. The molecule has 4 heteroatoms. The lowest BCUT2D eigenvalue weighted by Gasteiger charge is -2.30. The van der Waals surface area contributed by atoms with Gasteiger partial charge >= 0.3 is 0 Å². The predicted molar refractivity (Wildman–Crippen MR) is 64.6 cm³/mol. The van der Waals surface area contributed by atoms with Crippen molar-refractivity contribution in [3.63, 3.8) is 0 Å². The van der Waals surface area contributed by atoms with Crippen LogP contribution in [-0.2, 0) is 6.42 Å². The molecule has 0 saturated heterocycles. The van der Waals surface area contributed by atoms with Crippen LogP contribution < -0.4 is 5.73 Å². The van der Waals surface area contributed by atoms with Gasteiger partial charge in [0.15, 0.2) is 0 Å². The average Bonchev–Trinajstić information content (AvgIpc) is 2.51. The van der Waals surface area contributed by atoms with Gasteiger partial charge in [-0.05, 0) is 33.3 Å². The van der Waals surface area contributed by atoms with E-state index in [2.05, 4.69) is 15.9 Å². The van der Waals surface area contributed by atoms with Crippen molar-refractivity contribution >= 4 is 27.3 Å². The van der Waals surface area contributed by atoms with Gasteiger partial charge in [0, 0.05) is 22.3 Å². The zero-order valence-corrected chi connectivity index (χ0v) is 10.9. The molecule has 1 atom stereocenters. The fourth-order valence-electron chi connectivity index (χ4n) is 1.24. The second-order valence-corrected chi connectivity index (χ2v) is 5.69. The van der Waals surface area contributed by atoms with Gasteiger partial charge in [-0.2, -0.15) is 0 Å². The molecule has 0 saturated carbocycles. The van der Waals surface area contributed by atoms with Gasteiger partial charge in [0.25, 0.3) is 0 Å². The standard InChI is InChI=1S/C10H16BrNOS/c1-7(2)10(13,6-12)5-9-8(11)3-4-14-9/h3-4,7,13H,5-6,12H2,1-2H3. The maximum atomic E-state index is 10.3. The highest BCUT2D eigenvalue weighted by atomic mass is 79.9. The quantitative estimate of drug-likeness (QED) is 0.888. The maximum absolute atomic E-state index is 10.3. The number of thiophene rings is 1. The summed E-state index contributed by atoms with van der Waals surface area (Å²) in [7, 11) is 0.